The summed E-state index contributed by atoms with van der Waals surface area (Å²) in [6.07, 6.45) is 9.00. The second kappa shape index (κ2) is 17.2. The van der Waals surface area contributed by atoms with Crippen LogP contribution in [0.4, 0.5) is 33.1 Å². The van der Waals surface area contributed by atoms with Crippen molar-refractivity contribution in [3.63, 3.8) is 0 Å². The van der Waals surface area contributed by atoms with Gasteiger partial charge in [-0.05, 0) is 72.8 Å². The number of nitrogens with one attached hydrogen (secondary N) is 4. The number of rotatable bonds is 9. The highest BCUT2D eigenvalue weighted by Gasteiger charge is 2.18. The zero-order chi connectivity index (χ0) is 40.8. The summed E-state index contributed by atoms with van der Waals surface area (Å²) in [7, 11) is 3.39. The lowest BCUT2D eigenvalue weighted by atomic mass is 10.1. The Bertz CT molecular complexity index is 2850. The van der Waals surface area contributed by atoms with Crippen LogP contribution in [0.25, 0.3) is 44.8 Å². The van der Waals surface area contributed by atoms with E-state index in [-0.39, 0.29) is 34.4 Å². The van der Waals surface area contributed by atoms with Gasteiger partial charge < -0.3 is 26.4 Å². The number of benzene rings is 2. The summed E-state index contributed by atoms with van der Waals surface area (Å²) in [4.78, 5) is 58.2. The molecule has 0 radical (unpaired) electrons. The van der Waals surface area contributed by atoms with Crippen LogP contribution in [0.3, 0.4) is 0 Å². The summed E-state index contributed by atoms with van der Waals surface area (Å²) >= 11 is 12.2. The molecule has 15 nitrogen and oxygen atoms in total. The molecule has 0 bridgehead atoms. The van der Waals surface area contributed by atoms with Gasteiger partial charge in [-0.2, -0.15) is 0 Å². The van der Waals surface area contributed by atoms with Crippen LogP contribution in [0, 0.1) is 5.82 Å². The van der Waals surface area contributed by atoms with Crippen molar-refractivity contribution in [3.05, 3.63) is 137 Å². The molecule has 0 aliphatic rings. The van der Waals surface area contributed by atoms with Gasteiger partial charge in [-0.15, -0.1) is 0 Å². The van der Waals surface area contributed by atoms with E-state index >= 15 is 0 Å². The fourth-order valence-electron chi connectivity index (χ4n) is 5.69. The molecule has 1 amide bonds. The van der Waals surface area contributed by atoms with E-state index in [1.807, 2.05) is 19.2 Å². The van der Waals surface area contributed by atoms with Crippen molar-refractivity contribution in [2.45, 2.75) is 0 Å². The monoisotopic (exact) mass is 814 g/mol. The van der Waals surface area contributed by atoms with E-state index in [0.717, 1.165) is 11.3 Å². The quantitative estimate of drug-likeness (QED) is 0.0932. The Hall–Kier alpha value is -7.43. The van der Waals surface area contributed by atoms with Crippen LogP contribution in [-0.2, 0) is 0 Å². The standard InChI is InChI=1S/C21H18ClN7O.C19H11ClFN5O2/c1-23-16-6-5-12(22)10-14(16)20-28-18-13(4-3-8-26-18)19(29-20)27-17-7-9-25-11-15(17)21(30)24-2;20-10-3-4-14(21)12(8-10)18-25-16-11(2-1-6-23-16)17(26-18)24-15-5-7-22-9-13(15)19(27)28/h3-11,23H,1-2H3,(H,24,30)(H,25,26,27,28,29);1-9H,(H,27,28)(H,22,23,24,25,26). The second-order valence-corrected chi connectivity index (χ2v) is 13.0. The van der Waals surface area contributed by atoms with E-state index in [4.69, 9.17) is 28.2 Å². The molecule has 8 rings (SSSR count). The summed E-state index contributed by atoms with van der Waals surface area (Å²) in [5, 5.41) is 23.5. The van der Waals surface area contributed by atoms with E-state index in [1.165, 1.54) is 42.9 Å². The lowest BCUT2D eigenvalue weighted by Crippen LogP contribution is -2.19. The van der Waals surface area contributed by atoms with E-state index in [0.29, 0.717) is 55.0 Å². The van der Waals surface area contributed by atoms with Crippen LogP contribution in [0.1, 0.15) is 20.7 Å². The van der Waals surface area contributed by atoms with E-state index in [9.17, 15) is 19.1 Å². The second-order valence-electron chi connectivity index (χ2n) is 12.1. The molecule has 0 spiro atoms. The molecule has 18 heteroatoms. The van der Waals surface area contributed by atoms with Crippen molar-refractivity contribution in [2.75, 3.05) is 30.0 Å². The van der Waals surface area contributed by atoms with Gasteiger partial charge in [0.1, 0.15) is 23.0 Å². The van der Waals surface area contributed by atoms with Crippen LogP contribution in [-0.4, -0.2) is 71.0 Å². The number of anilines is 5. The molecular formula is C40H29Cl2FN12O3. The number of carbonyl (C=O) groups excluding carboxylic acids is 1. The highest BCUT2D eigenvalue weighted by Crippen LogP contribution is 2.33. The summed E-state index contributed by atoms with van der Waals surface area (Å²) in [5.74, 6) is -0.628. The Morgan fingerprint density at radius 3 is 1.74 bits per heavy atom. The lowest BCUT2D eigenvalue weighted by molar-refractivity contribution is 0.0697. The summed E-state index contributed by atoms with van der Waals surface area (Å²) in [6, 6.07) is 19.8. The molecule has 0 saturated heterocycles. The van der Waals surface area contributed by atoms with Gasteiger partial charge in [0.2, 0.25) is 0 Å². The smallest absolute Gasteiger partial charge is 0.339 e. The number of aromatic nitrogens is 8. The van der Waals surface area contributed by atoms with Crippen molar-refractivity contribution in [3.8, 4) is 22.8 Å². The van der Waals surface area contributed by atoms with E-state index < -0.39 is 11.8 Å². The minimum atomic E-state index is -1.15. The average Bonchev–Trinajstić information content (AvgIpc) is 3.24. The molecule has 0 aliphatic carbocycles. The molecular weight excluding hydrogens is 786 g/mol. The molecule has 0 saturated carbocycles. The zero-order valence-corrected chi connectivity index (χ0v) is 31.9. The molecule has 0 aliphatic heterocycles. The maximum atomic E-state index is 14.3. The summed E-state index contributed by atoms with van der Waals surface area (Å²) in [5.41, 5.74) is 3.73. The highest BCUT2D eigenvalue weighted by molar-refractivity contribution is 6.31. The number of nitrogens with zero attached hydrogens (tertiary/aromatic N) is 8. The van der Waals surface area contributed by atoms with Crippen LogP contribution in [0.15, 0.2) is 110 Å². The van der Waals surface area contributed by atoms with Gasteiger partial charge in [0.25, 0.3) is 5.91 Å². The maximum absolute atomic E-state index is 14.3. The number of amides is 1. The van der Waals surface area contributed by atoms with Gasteiger partial charge in [0.05, 0.1) is 33.3 Å². The molecule has 0 atom stereocenters. The SMILES string of the molecule is CNC(=O)c1cnccc1Nc1nc(-c2cc(Cl)ccc2NC)nc2ncccc12.O=C(O)c1cnccc1Nc1nc(-c2cc(Cl)ccc2F)nc2ncccc12. The first kappa shape index (κ1) is 38.8. The Morgan fingerprint density at radius 2 is 1.17 bits per heavy atom. The van der Waals surface area contributed by atoms with Crippen LogP contribution in [0.2, 0.25) is 10.0 Å². The number of carbonyl (C=O) groups is 2. The fourth-order valence-corrected chi connectivity index (χ4v) is 6.04. The largest absolute Gasteiger partial charge is 0.478 e. The van der Waals surface area contributed by atoms with Crippen molar-refractivity contribution in [1.29, 1.82) is 0 Å². The van der Waals surface area contributed by atoms with Crippen molar-refractivity contribution in [1.82, 2.24) is 45.2 Å². The van der Waals surface area contributed by atoms with Crippen LogP contribution < -0.4 is 21.3 Å². The molecule has 6 heterocycles. The van der Waals surface area contributed by atoms with Crippen molar-refractivity contribution < 1.29 is 19.1 Å². The minimum absolute atomic E-state index is 0.0337. The van der Waals surface area contributed by atoms with Gasteiger partial charge in [-0.3, -0.25) is 14.8 Å². The third kappa shape index (κ3) is 8.37. The highest BCUT2D eigenvalue weighted by atomic mass is 35.5. The first-order chi connectivity index (χ1) is 28.1. The number of hydrogen-bond donors (Lipinski definition) is 5. The Balaban J connectivity index is 0.000000177. The topological polar surface area (TPSA) is 206 Å². The van der Waals surface area contributed by atoms with Gasteiger partial charge in [-0.1, -0.05) is 23.2 Å². The lowest BCUT2D eigenvalue weighted by Gasteiger charge is -2.14. The third-order valence-electron chi connectivity index (χ3n) is 8.45. The molecule has 2 aromatic carbocycles. The normalized spacial score (nSPS) is 10.7. The number of pyridine rings is 4. The van der Waals surface area contributed by atoms with Crippen LogP contribution >= 0.6 is 23.2 Å². The maximum Gasteiger partial charge on any atom is 0.339 e. The van der Waals surface area contributed by atoms with Crippen LogP contribution in [0.5, 0.6) is 0 Å². The fraction of sp³-hybridized carbons (Fsp3) is 0.0500. The van der Waals surface area contributed by atoms with Crippen molar-refractivity contribution in [2.24, 2.45) is 0 Å². The average molecular weight is 816 g/mol. The van der Waals surface area contributed by atoms with E-state index in [2.05, 4.69) is 56.2 Å². The summed E-state index contributed by atoms with van der Waals surface area (Å²) in [6.45, 7) is 0. The Kier molecular flexibility index (Phi) is 11.5. The minimum Gasteiger partial charge on any atom is -0.478 e. The number of carboxylic acid groups (broad SMARTS) is 1. The Labute approximate surface area is 338 Å². The molecule has 0 unspecified atom stereocenters. The number of carboxylic acids is 1. The van der Waals surface area contributed by atoms with Gasteiger partial charge in [-0.25, -0.2) is 39.1 Å². The van der Waals surface area contributed by atoms with Gasteiger partial charge in [0, 0.05) is 72.6 Å². The van der Waals surface area contributed by atoms with Gasteiger partial charge in [0.15, 0.2) is 22.9 Å². The molecule has 288 valence electrons. The molecule has 0 fully saturated rings. The molecule has 5 N–H and O–H groups in total. The third-order valence-corrected chi connectivity index (χ3v) is 8.92. The van der Waals surface area contributed by atoms with Gasteiger partial charge >= 0.3 is 5.97 Å². The predicted molar refractivity (Wildman–Crippen MR) is 220 cm³/mol. The summed E-state index contributed by atoms with van der Waals surface area (Å²) < 4.78 is 14.3. The van der Waals surface area contributed by atoms with Crippen molar-refractivity contribution >= 4 is 85.8 Å². The molecule has 8 aromatic rings. The zero-order valence-electron chi connectivity index (χ0n) is 30.4. The predicted octanol–water partition coefficient (Wildman–Crippen LogP) is 8.21. The number of fused-ring (bicyclic) bond motifs is 2. The first-order valence-electron chi connectivity index (χ1n) is 17.2. The number of halogens is 3. The Morgan fingerprint density at radius 1 is 0.638 bits per heavy atom. The molecule has 58 heavy (non-hydrogen) atoms. The number of hydrogen-bond acceptors (Lipinski definition) is 13. The first-order valence-corrected chi connectivity index (χ1v) is 17.9. The van der Waals surface area contributed by atoms with E-state index in [1.54, 1.807) is 62.0 Å². The number of aromatic carboxylic acids is 1. The molecule has 6 aromatic heterocycles.